The zero-order valence-corrected chi connectivity index (χ0v) is 15.8. The first-order valence-corrected chi connectivity index (χ1v) is 7.05. The quantitative estimate of drug-likeness (QED) is 0.236. The monoisotopic (exact) mass is 462 g/mol. The van der Waals surface area contributed by atoms with Gasteiger partial charge in [-0.25, -0.2) is 9.97 Å². The number of aliphatic imine (C=N–C) groups is 1. The van der Waals surface area contributed by atoms with Gasteiger partial charge in [0.1, 0.15) is 5.69 Å². The lowest BCUT2D eigenvalue weighted by atomic mass is 10.4. The van der Waals surface area contributed by atoms with E-state index in [1.54, 1.807) is 14.2 Å². The Balaban J connectivity index is 0.00000529. The Bertz CT molecular complexity index is 501. The molecule has 0 fully saturated rings. The number of nitrogens with one attached hydrogen (secondary N) is 3. The van der Waals surface area contributed by atoms with E-state index >= 15 is 0 Å². The molecular weight excluding hydrogens is 440 g/mol. The van der Waals surface area contributed by atoms with Crippen molar-refractivity contribution in [1.29, 1.82) is 0 Å². The molecule has 7 nitrogen and oxygen atoms in total. The van der Waals surface area contributed by atoms with E-state index in [1.807, 2.05) is 0 Å². The van der Waals surface area contributed by atoms with Crippen LogP contribution in [0.25, 0.3) is 0 Å². The number of hydrogen-bond donors (Lipinski definition) is 3. The van der Waals surface area contributed by atoms with Crippen molar-refractivity contribution in [2.45, 2.75) is 12.6 Å². The molecule has 0 bridgehead atoms. The molecule has 0 radical (unpaired) electrons. The zero-order valence-electron chi connectivity index (χ0n) is 13.5. The summed E-state index contributed by atoms with van der Waals surface area (Å²) in [6, 6.07) is 0.829. The Hall–Kier alpha value is -1.37. The van der Waals surface area contributed by atoms with Crippen molar-refractivity contribution in [3.8, 4) is 0 Å². The number of alkyl halides is 3. The fraction of sp³-hybridized carbons (Fsp3) is 0.615. The first kappa shape index (κ1) is 22.6. The third-order valence-corrected chi connectivity index (χ3v) is 2.69. The van der Waals surface area contributed by atoms with Crippen LogP contribution in [-0.2, 0) is 10.9 Å². The molecule has 0 saturated carbocycles. The summed E-state index contributed by atoms with van der Waals surface area (Å²) in [6.07, 6.45) is -2.57. The van der Waals surface area contributed by atoms with E-state index in [9.17, 15) is 13.2 Å². The van der Waals surface area contributed by atoms with Crippen molar-refractivity contribution in [3.05, 3.63) is 18.0 Å². The largest absolute Gasteiger partial charge is 0.433 e. The minimum absolute atomic E-state index is 0. The second-order valence-electron chi connectivity index (χ2n) is 4.46. The molecule has 24 heavy (non-hydrogen) atoms. The highest BCUT2D eigenvalue weighted by Gasteiger charge is 2.32. The molecule has 1 rings (SSSR count). The van der Waals surface area contributed by atoms with E-state index < -0.39 is 11.9 Å². The summed E-state index contributed by atoms with van der Waals surface area (Å²) in [5.41, 5.74) is -0.974. The molecule has 0 amide bonds. The summed E-state index contributed by atoms with van der Waals surface area (Å²) < 4.78 is 42.5. The third-order valence-electron chi connectivity index (χ3n) is 2.69. The number of nitrogens with zero attached hydrogens (tertiary/aromatic N) is 3. The van der Waals surface area contributed by atoms with E-state index in [1.165, 1.54) is 0 Å². The Morgan fingerprint density at radius 2 is 1.96 bits per heavy atom. The SMILES string of the molecule is CN=C(NCCCOC)NCCNc1nccc(C(F)(F)F)n1.I. The van der Waals surface area contributed by atoms with Gasteiger partial charge in [-0.2, -0.15) is 13.2 Å². The van der Waals surface area contributed by atoms with Gasteiger partial charge in [0, 0.05) is 46.6 Å². The number of anilines is 1. The molecule has 0 aliphatic heterocycles. The minimum atomic E-state index is -4.48. The summed E-state index contributed by atoms with van der Waals surface area (Å²) in [6.45, 7) is 2.15. The standard InChI is InChI=1S/C13H21F3N6O.HI/c1-17-11(18-5-3-9-23-2)20-7-8-21-12-19-6-4-10(22-12)13(14,15)16;/h4,6H,3,5,7-9H2,1-2H3,(H2,17,18,20)(H,19,21,22);1H. The highest BCUT2D eigenvalue weighted by molar-refractivity contribution is 14.0. The van der Waals surface area contributed by atoms with Gasteiger partial charge in [0.05, 0.1) is 0 Å². The summed E-state index contributed by atoms with van der Waals surface area (Å²) >= 11 is 0. The van der Waals surface area contributed by atoms with Crippen molar-refractivity contribution in [2.24, 2.45) is 4.99 Å². The number of aromatic nitrogens is 2. The Morgan fingerprint density at radius 3 is 2.58 bits per heavy atom. The molecule has 11 heteroatoms. The van der Waals surface area contributed by atoms with Crippen molar-refractivity contribution >= 4 is 35.9 Å². The Labute approximate surface area is 155 Å². The normalized spacial score (nSPS) is 11.6. The van der Waals surface area contributed by atoms with Crippen LogP contribution in [0.1, 0.15) is 12.1 Å². The van der Waals surface area contributed by atoms with Crippen LogP contribution in [0.3, 0.4) is 0 Å². The van der Waals surface area contributed by atoms with Gasteiger partial charge in [0.15, 0.2) is 5.96 Å². The van der Waals surface area contributed by atoms with Crippen LogP contribution in [-0.4, -0.2) is 56.3 Å². The van der Waals surface area contributed by atoms with Gasteiger partial charge in [-0.05, 0) is 12.5 Å². The summed E-state index contributed by atoms with van der Waals surface area (Å²) in [7, 11) is 3.27. The molecule has 0 aliphatic carbocycles. The zero-order chi connectivity index (χ0) is 17.1. The number of halogens is 4. The maximum atomic E-state index is 12.5. The van der Waals surface area contributed by atoms with Crippen molar-refractivity contribution in [3.63, 3.8) is 0 Å². The first-order chi connectivity index (χ1) is 11.0. The van der Waals surface area contributed by atoms with E-state index in [0.717, 1.165) is 18.7 Å². The first-order valence-electron chi connectivity index (χ1n) is 7.05. The van der Waals surface area contributed by atoms with Crippen LogP contribution >= 0.6 is 24.0 Å². The summed E-state index contributed by atoms with van der Waals surface area (Å²) in [5, 5.41) is 8.83. The van der Waals surface area contributed by atoms with Crippen LogP contribution in [0.5, 0.6) is 0 Å². The molecule has 0 spiro atoms. The van der Waals surface area contributed by atoms with E-state index in [0.29, 0.717) is 32.2 Å². The fourth-order valence-electron chi connectivity index (χ4n) is 1.60. The van der Waals surface area contributed by atoms with Gasteiger partial charge in [0.25, 0.3) is 0 Å². The molecule has 0 unspecified atom stereocenters. The smallest absolute Gasteiger partial charge is 0.385 e. The molecule has 3 N–H and O–H groups in total. The summed E-state index contributed by atoms with van der Waals surface area (Å²) in [4.78, 5) is 11.2. The van der Waals surface area contributed by atoms with Gasteiger partial charge in [0.2, 0.25) is 5.95 Å². The van der Waals surface area contributed by atoms with Crippen molar-refractivity contribution in [1.82, 2.24) is 20.6 Å². The predicted molar refractivity (Wildman–Crippen MR) is 96.8 cm³/mol. The van der Waals surface area contributed by atoms with Crippen LogP contribution in [0.15, 0.2) is 17.3 Å². The third kappa shape index (κ3) is 9.05. The molecule has 138 valence electrons. The number of guanidine groups is 1. The maximum absolute atomic E-state index is 12.5. The lowest BCUT2D eigenvalue weighted by Gasteiger charge is -2.12. The molecule has 0 atom stereocenters. The number of rotatable bonds is 8. The number of methoxy groups -OCH3 is 1. The maximum Gasteiger partial charge on any atom is 0.433 e. The predicted octanol–water partition coefficient (Wildman–Crippen LogP) is 1.73. The lowest BCUT2D eigenvalue weighted by Crippen LogP contribution is -2.40. The molecule has 0 aliphatic rings. The van der Waals surface area contributed by atoms with Gasteiger partial charge in [-0.15, -0.1) is 24.0 Å². The second kappa shape index (κ2) is 12.1. The van der Waals surface area contributed by atoms with Gasteiger partial charge in [-0.3, -0.25) is 4.99 Å². The molecule has 1 aromatic rings. The van der Waals surface area contributed by atoms with Crippen LogP contribution in [0.4, 0.5) is 19.1 Å². The fourth-order valence-corrected chi connectivity index (χ4v) is 1.60. The van der Waals surface area contributed by atoms with E-state index in [4.69, 9.17) is 4.74 Å². The van der Waals surface area contributed by atoms with Gasteiger partial charge in [-0.1, -0.05) is 0 Å². The number of ether oxygens (including phenoxy) is 1. The van der Waals surface area contributed by atoms with E-state index in [2.05, 4.69) is 30.9 Å². The Kier molecular flexibility index (Phi) is 11.4. The minimum Gasteiger partial charge on any atom is -0.385 e. The molecule has 1 heterocycles. The average Bonchev–Trinajstić information content (AvgIpc) is 2.53. The highest BCUT2D eigenvalue weighted by Crippen LogP contribution is 2.27. The number of hydrogen-bond acceptors (Lipinski definition) is 5. The van der Waals surface area contributed by atoms with Crippen molar-refractivity contribution in [2.75, 3.05) is 45.7 Å². The van der Waals surface area contributed by atoms with E-state index in [-0.39, 0.29) is 29.9 Å². The van der Waals surface area contributed by atoms with Crippen molar-refractivity contribution < 1.29 is 17.9 Å². The molecular formula is C13H22F3IN6O. The van der Waals surface area contributed by atoms with Gasteiger partial charge < -0.3 is 20.7 Å². The molecule has 0 aromatic carbocycles. The highest BCUT2D eigenvalue weighted by atomic mass is 127. The second-order valence-corrected chi connectivity index (χ2v) is 4.46. The van der Waals surface area contributed by atoms with Crippen LogP contribution in [0.2, 0.25) is 0 Å². The van der Waals surface area contributed by atoms with Crippen LogP contribution in [0, 0.1) is 0 Å². The average molecular weight is 462 g/mol. The van der Waals surface area contributed by atoms with Gasteiger partial charge >= 0.3 is 6.18 Å². The lowest BCUT2D eigenvalue weighted by molar-refractivity contribution is -0.141. The molecule has 0 saturated heterocycles. The Morgan fingerprint density at radius 1 is 1.25 bits per heavy atom. The molecule has 1 aromatic heterocycles. The topological polar surface area (TPSA) is 83.5 Å². The van der Waals surface area contributed by atoms with Crippen LogP contribution < -0.4 is 16.0 Å². The summed E-state index contributed by atoms with van der Waals surface area (Å²) in [5.74, 6) is 0.539.